The summed E-state index contributed by atoms with van der Waals surface area (Å²) in [6, 6.07) is 0.559. The van der Waals surface area contributed by atoms with Crippen molar-refractivity contribution in [1.82, 2.24) is 9.80 Å². The number of amides is 1. The van der Waals surface area contributed by atoms with Crippen LogP contribution in [0.1, 0.15) is 26.2 Å². The average Bonchev–Trinajstić information content (AvgIpc) is 2.17. The fourth-order valence-electron chi connectivity index (χ4n) is 2.27. The van der Waals surface area contributed by atoms with Crippen LogP contribution in [0.5, 0.6) is 0 Å². The van der Waals surface area contributed by atoms with Crippen molar-refractivity contribution in [2.24, 2.45) is 0 Å². The van der Waals surface area contributed by atoms with Gasteiger partial charge in [0.1, 0.15) is 0 Å². The summed E-state index contributed by atoms with van der Waals surface area (Å²) in [5.41, 5.74) is 0. The minimum absolute atomic E-state index is 0.370. The number of likely N-dealkylation sites (tertiary alicyclic amines) is 2. The Morgan fingerprint density at radius 2 is 2.00 bits per heavy atom. The van der Waals surface area contributed by atoms with Crippen molar-refractivity contribution < 1.29 is 4.79 Å². The van der Waals surface area contributed by atoms with E-state index >= 15 is 0 Å². The number of hydrogen-bond acceptors (Lipinski definition) is 2. The third kappa shape index (κ3) is 1.70. The van der Waals surface area contributed by atoms with E-state index in [1.54, 1.807) is 0 Å². The lowest BCUT2D eigenvalue weighted by atomic mass is 9.99. The van der Waals surface area contributed by atoms with Gasteiger partial charge in [-0.1, -0.05) is 6.92 Å². The van der Waals surface area contributed by atoms with Crippen molar-refractivity contribution >= 4 is 5.91 Å². The Balaban J connectivity index is 1.81. The first-order valence-corrected chi connectivity index (χ1v) is 5.33. The molecule has 2 heterocycles. The Labute approximate surface area is 79.7 Å². The van der Waals surface area contributed by atoms with Crippen molar-refractivity contribution in [2.45, 2.75) is 32.2 Å². The Hall–Kier alpha value is -0.570. The largest absolute Gasteiger partial charge is 0.339 e. The quantitative estimate of drug-likeness (QED) is 0.587. The third-order valence-corrected chi connectivity index (χ3v) is 3.33. The van der Waals surface area contributed by atoms with E-state index in [-0.39, 0.29) is 0 Å². The van der Waals surface area contributed by atoms with Crippen LogP contribution in [-0.2, 0) is 4.79 Å². The van der Waals surface area contributed by atoms with Gasteiger partial charge in [-0.15, -0.1) is 0 Å². The van der Waals surface area contributed by atoms with Crippen molar-refractivity contribution in [1.29, 1.82) is 0 Å². The number of β-lactam (4-membered cyclic amide) rings is 1. The average molecular weight is 182 g/mol. The highest BCUT2D eigenvalue weighted by Gasteiger charge is 2.32. The van der Waals surface area contributed by atoms with E-state index in [1.807, 2.05) is 0 Å². The maximum Gasteiger partial charge on any atom is 0.224 e. The van der Waals surface area contributed by atoms with E-state index in [0.717, 1.165) is 19.5 Å². The SMILES string of the molecule is CCN1CCC(N2CCC2=O)CC1. The normalized spacial score (nSPS) is 26.2. The highest BCUT2D eigenvalue weighted by Crippen LogP contribution is 2.21. The van der Waals surface area contributed by atoms with E-state index < -0.39 is 0 Å². The molecular formula is C10H18N2O. The summed E-state index contributed by atoms with van der Waals surface area (Å²) in [5.74, 6) is 0.370. The maximum atomic E-state index is 11.2. The zero-order chi connectivity index (χ0) is 9.26. The lowest BCUT2D eigenvalue weighted by molar-refractivity contribution is -0.144. The molecular weight excluding hydrogens is 164 g/mol. The molecule has 0 aliphatic carbocycles. The molecule has 0 radical (unpaired) electrons. The molecule has 0 aromatic heterocycles. The van der Waals surface area contributed by atoms with Crippen LogP contribution >= 0.6 is 0 Å². The first-order valence-electron chi connectivity index (χ1n) is 5.33. The number of nitrogens with zero attached hydrogens (tertiary/aromatic N) is 2. The van der Waals surface area contributed by atoms with Crippen molar-refractivity contribution in [3.8, 4) is 0 Å². The van der Waals surface area contributed by atoms with Crippen LogP contribution in [0.25, 0.3) is 0 Å². The van der Waals surface area contributed by atoms with Gasteiger partial charge in [0.05, 0.1) is 0 Å². The molecule has 0 unspecified atom stereocenters. The number of carbonyl (C=O) groups excluding carboxylic acids is 1. The van der Waals surface area contributed by atoms with Gasteiger partial charge in [0.2, 0.25) is 5.91 Å². The molecule has 0 aromatic carbocycles. The molecule has 0 spiro atoms. The van der Waals surface area contributed by atoms with Crippen LogP contribution in [0.15, 0.2) is 0 Å². The van der Waals surface area contributed by atoms with Crippen molar-refractivity contribution in [2.75, 3.05) is 26.2 Å². The van der Waals surface area contributed by atoms with Crippen LogP contribution < -0.4 is 0 Å². The van der Waals surface area contributed by atoms with Gasteiger partial charge in [-0.05, 0) is 19.4 Å². The third-order valence-electron chi connectivity index (χ3n) is 3.33. The Morgan fingerprint density at radius 3 is 2.38 bits per heavy atom. The van der Waals surface area contributed by atoms with Crippen LogP contribution in [-0.4, -0.2) is 47.9 Å². The molecule has 1 amide bonds. The van der Waals surface area contributed by atoms with E-state index in [4.69, 9.17) is 0 Å². The van der Waals surface area contributed by atoms with E-state index in [1.165, 1.54) is 25.9 Å². The zero-order valence-corrected chi connectivity index (χ0v) is 8.33. The smallest absolute Gasteiger partial charge is 0.224 e. The van der Waals surface area contributed by atoms with E-state index in [2.05, 4.69) is 16.7 Å². The van der Waals surface area contributed by atoms with Gasteiger partial charge in [-0.25, -0.2) is 0 Å². The van der Waals surface area contributed by atoms with Crippen molar-refractivity contribution in [3.05, 3.63) is 0 Å². The van der Waals surface area contributed by atoms with Gasteiger partial charge in [0, 0.05) is 32.1 Å². The molecule has 74 valence electrons. The minimum atomic E-state index is 0.370. The van der Waals surface area contributed by atoms with E-state index in [9.17, 15) is 4.79 Å². The van der Waals surface area contributed by atoms with Gasteiger partial charge in [-0.2, -0.15) is 0 Å². The van der Waals surface area contributed by atoms with Crippen molar-refractivity contribution in [3.63, 3.8) is 0 Å². The summed E-state index contributed by atoms with van der Waals surface area (Å²) >= 11 is 0. The Bertz CT molecular complexity index is 197. The maximum absolute atomic E-state index is 11.2. The molecule has 3 heteroatoms. The fraction of sp³-hybridized carbons (Fsp3) is 0.900. The molecule has 13 heavy (non-hydrogen) atoms. The van der Waals surface area contributed by atoms with Gasteiger partial charge in [0.15, 0.2) is 0 Å². The molecule has 2 saturated heterocycles. The van der Waals surface area contributed by atoms with Gasteiger partial charge in [-0.3, -0.25) is 4.79 Å². The number of rotatable bonds is 2. The van der Waals surface area contributed by atoms with Gasteiger partial charge < -0.3 is 9.80 Å². The van der Waals surface area contributed by atoms with Crippen LogP contribution in [0, 0.1) is 0 Å². The van der Waals surface area contributed by atoms with Gasteiger partial charge >= 0.3 is 0 Å². The summed E-state index contributed by atoms with van der Waals surface area (Å²) in [4.78, 5) is 15.7. The summed E-state index contributed by atoms with van der Waals surface area (Å²) in [5, 5.41) is 0. The molecule has 0 bridgehead atoms. The van der Waals surface area contributed by atoms with Gasteiger partial charge in [0.25, 0.3) is 0 Å². The molecule has 2 aliphatic rings. The monoisotopic (exact) mass is 182 g/mol. The zero-order valence-electron chi connectivity index (χ0n) is 8.33. The lowest BCUT2D eigenvalue weighted by Crippen LogP contribution is -2.53. The topological polar surface area (TPSA) is 23.6 Å². The number of piperidine rings is 1. The standard InChI is InChI=1S/C10H18N2O/c1-2-11-6-3-9(4-7-11)12-8-5-10(12)13/h9H,2-8H2,1H3. The first-order chi connectivity index (χ1) is 6.31. The molecule has 0 aromatic rings. The molecule has 0 atom stereocenters. The minimum Gasteiger partial charge on any atom is -0.339 e. The summed E-state index contributed by atoms with van der Waals surface area (Å²) < 4.78 is 0. The van der Waals surface area contributed by atoms with Crippen LogP contribution in [0.2, 0.25) is 0 Å². The van der Waals surface area contributed by atoms with Crippen LogP contribution in [0.3, 0.4) is 0 Å². The molecule has 0 saturated carbocycles. The Kier molecular flexibility index (Phi) is 2.54. The second-order valence-corrected chi connectivity index (χ2v) is 4.00. The molecule has 2 aliphatic heterocycles. The fourth-order valence-corrected chi connectivity index (χ4v) is 2.27. The highest BCUT2D eigenvalue weighted by atomic mass is 16.2. The molecule has 0 N–H and O–H groups in total. The molecule has 2 rings (SSSR count). The first kappa shape index (κ1) is 9.00. The summed E-state index contributed by atoms with van der Waals surface area (Å²) in [7, 11) is 0. The number of hydrogen-bond donors (Lipinski definition) is 0. The summed E-state index contributed by atoms with van der Waals surface area (Å²) in [6.07, 6.45) is 3.15. The molecule has 2 fully saturated rings. The summed E-state index contributed by atoms with van der Waals surface area (Å²) in [6.45, 7) is 6.71. The second-order valence-electron chi connectivity index (χ2n) is 4.00. The highest BCUT2D eigenvalue weighted by molar-refractivity contribution is 5.82. The predicted molar refractivity (Wildman–Crippen MR) is 51.5 cm³/mol. The lowest BCUT2D eigenvalue weighted by Gasteiger charge is -2.42. The predicted octanol–water partition coefficient (Wildman–Crippen LogP) is 0.703. The number of carbonyl (C=O) groups is 1. The second kappa shape index (κ2) is 3.66. The molecule has 3 nitrogen and oxygen atoms in total. The van der Waals surface area contributed by atoms with Crippen LogP contribution in [0.4, 0.5) is 0 Å². The van der Waals surface area contributed by atoms with E-state index in [0.29, 0.717) is 11.9 Å². The Morgan fingerprint density at radius 1 is 1.31 bits per heavy atom.